The molecular formula is C74H144O17P2. The second-order valence-electron chi connectivity index (χ2n) is 27.2. The second kappa shape index (κ2) is 67.3. The van der Waals surface area contributed by atoms with Gasteiger partial charge in [0, 0.05) is 25.7 Å². The maximum Gasteiger partial charge on any atom is 0.472 e. The Morgan fingerprint density at radius 2 is 0.495 bits per heavy atom. The monoisotopic (exact) mass is 1370 g/mol. The van der Waals surface area contributed by atoms with Crippen LogP contribution in [0.25, 0.3) is 0 Å². The molecule has 0 aromatic carbocycles. The molecule has 2 unspecified atom stereocenters. The number of aliphatic hydroxyl groups is 1. The van der Waals surface area contributed by atoms with Gasteiger partial charge in [0.1, 0.15) is 19.3 Å². The Kier molecular flexibility index (Phi) is 65.9. The minimum atomic E-state index is -4.95. The maximum absolute atomic E-state index is 13.1. The van der Waals surface area contributed by atoms with Crippen molar-refractivity contribution in [3.05, 3.63) is 0 Å². The second-order valence-corrected chi connectivity index (χ2v) is 30.1. The van der Waals surface area contributed by atoms with Crippen molar-refractivity contribution in [2.45, 2.75) is 406 Å². The van der Waals surface area contributed by atoms with Crippen molar-refractivity contribution in [3.8, 4) is 0 Å². The number of phosphoric acid groups is 2. The Morgan fingerprint density at radius 3 is 0.731 bits per heavy atom. The molecule has 0 fully saturated rings. The van der Waals surface area contributed by atoms with Gasteiger partial charge in [-0.15, -0.1) is 0 Å². The van der Waals surface area contributed by atoms with Gasteiger partial charge in [0.15, 0.2) is 12.2 Å². The fraction of sp³-hybridized carbons (Fsp3) is 0.946. The number of carbonyl (C=O) groups excluding carboxylic acids is 4. The highest BCUT2D eigenvalue weighted by atomic mass is 31.2. The third-order valence-corrected chi connectivity index (χ3v) is 19.2. The summed E-state index contributed by atoms with van der Waals surface area (Å²) < 4.78 is 68.3. The fourth-order valence-electron chi connectivity index (χ4n) is 11.4. The number of hydrogen-bond donors (Lipinski definition) is 3. The molecule has 0 spiro atoms. The molecule has 0 aliphatic heterocycles. The normalized spacial score (nSPS) is 14.0. The zero-order valence-corrected chi connectivity index (χ0v) is 62.2. The molecule has 0 aliphatic carbocycles. The van der Waals surface area contributed by atoms with Crippen LogP contribution in [0.3, 0.4) is 0 Å². The summed E-state index contributed by atoms with van der Waals surface area (Å²) in [6, 6.07) is 0. The Morgan fingerprint density at radius 1 is 0.290 bits per heavy atom. The van der Waals surface area contributed by atoms with Crippen molar-refractivity contribution in [3.63, 3.8) is 0 Å². The van der Waals surface area contributed by atoms with Gasteiger partial charge in [-0.3, -0.25) is 37.3 Å². The molecule has 552 valence electrons. The van der Waals surface area contributed by atoms with Gasteiger partial charge >= 0.3 is 39.5 Å². The summed E-state index contributed by atoms with van der Waals surface area (Å²) in [6.45, 7) is 7.17. The lowest BCUT2D eigenvalue weighted by molar-refractivity contribution is -0.161. The Bertz CT molecular complexity index is 1790. The third kappa shape index (κ3) is 68.4. The van der Waals surface area contributed by atoms with Gasteiger partial charge in [-0.1, -0.05) is 336 Å². The summed E-state index contributed by atoms with van der Waals surface area (Å²) in [5, 5.41) is 10.6. The Hall–Kier alpha value is -1.94. The van der Waals surface area contributed by atoms with E-state index in [4.69, 9.17) is 37.0 Å². The van der Waals surface area contributed by atoms with Crippen LogP contribution in [-0.2, 0) is 65.4 Å². The molecule has 0 saturated heterocycles. The fourth-order valence-corrected chi connectivity index (χ4v) is 12.9. The molecule has 5 atom stereocenters. The highest BCUT2D eigenvalue weighted by molar-refractivity contribution is 7.47. The summed E-state index contributed by atoms with van der Waals surface area (Å²) >= 11 is 0. The van der Waals surface area contributed by atoms with Crippen LogP contribution in [0.15, 0.2) is 0 Å². The van der Waals surface area contributed by atoms with Crippen LogP contribution >= 0.6 is 15.6 Å². The molecule has 0 aromatic rings. The lowest BCUT2D eigenvalue weighted by atomic mass is 10.0. The van der Waals surface area contributed by atoms with Crippen LogP contribution in [-0.4, -0.2) is 96.7 Å². The van der Waals surface area contributed by atoms with Gasteiger partial charge in [-0.2, -0.15) is 0 Å². The van der Waals surface area contributed by atoms with Crippen LogP contribution in [0.1, 0.15) is 388 Å². The van der Waals surface area contributed by atoms with E-state index in [-0.39, 0.29) is 25.7 Å². The van der Waals surface area contributed by atoms with Gasteiger partial charge in [0.25, 0.3) is 0 Å². The van der Waals surface area contributed by atoms with Crippen molar-refractivity contribution in [1.29, 1.82) is 0 Å². The molecule has 0 aromatic heterocycles. The maximum atomic E-state index is 13.1. The topological polar surface area (TPSA) is 237 Å². The largest absolute Gasteiger partial charge is 0.472 e. The average molecular weight is 1370 g/mol. The number of rotatable bonds is 74. The number of aliphatic hydroxyl groups excluding tert-OH is 1. The lowest BCUT2D eigenvalue weighted by Gasteiger charge is -2.21. The van der Waals surface area contributed by atoms with Crippen molar-refractivity contribution in [1.82, 2.24) is 0 Å². The molecule has 0 heterocycles. The summed E-state index contributed by atoms with van der Waals surface area (Å²) in [5.41, 5.74) is 0. The van der Waals surface area contributed by atoms with Crippen LogP contribution < -0.4 is 0 Å². The SMILES string of the molecule is CCCCCCCCCCCCCCCCCCCCCCCCC(=O)O[C@H](COC(=O)CCCCCCCCCCCCCC)COP(=O)(O)OC[C@@H](O)COP(=O)(O)OC[C@@H](COC(=O)CCCCCCCCC(C)C)OC(=O)CCCCCCCCCCCC. The van der Waals surface area contributed by atoms with E-state index in [1.165, 1.54) is 205 Å². The van der Waals surface area contributed by atoms with Crippen molar-refractivity contribution in [2.75, 3.05) is 39.6 Å². The van der Waals surface area contributed by atoms with Gasteiger partial charge in [-0.25, -0.2) is 9.13 Å². The van der Waals surface area contributed by atoms with E-state index in [9.17, 15) is 43.2 Å². The zero-order chi connectivity index (χ0) is 68.4. The van der Waals surface area contributed by atoms with Gasteiger partial charge < -0.3 is 33.8 Å². The minimum absolute atomic E-state index is 0.106. The highest BCUT2D eigenvalue weighted by Gasteiger charge is 2.30. The van der Waals surface area contributed by atoms with Gasteiger partial charge in [0.05, 0.1) is 26.4 Å². The average Bonchev–Trinajstić information content (AvgIpc) is 3.63. The molecule has 93 heavy (non-hydrogen) atoms. The molecule has 0 saturated carbocycles. The number of esters is 4. The Labute approximate surface area is 568 Å². The first-order valence-corrected chi connectivity index (χ1v) is 41.6. The van der Waals surface area contributed by atoms with E-state index in [1.807, 2.05) is 0 Å². The quantitative estimate of drug-likeness (QED) is 0.0222. The van der Waals surface area contributed by atoms with E-state index in [0.29, 0.717) is 31.6 Å². The molecular weight excluding hydrogens is 1220 g/mol. The number of unbranched alkanes of at least 4 members (excludes halogenated alkanes) is 46. The number of hydrogen-bond acceptors (Lipinski definition) is 15. The first-order chi connectivity index (χ1) is 45.0. The first-order valence-electron chi connectivity index (χ1n) is 38.6. The lowest BCUT2D eigenvalue weighted by Crippen LogP contribution is -2.30. The van der Waals surface area contributed by atoms with Crippen LogP contribution in [0.5, 0.6) is 0 Å². The molecule has 0 rings (SSSR count). The van der Waals surface area contributed by atoms with Gasteiger partial charge in [0.2, 0.25) is 0 Å². The summed E-state index contributed by atoms with van der Waals surface area (Å²) in [6.07, 6.45) is 55.8. The number of phosphoric ester groups is 2. The van der Waals surface area contributed by atoms with Crippen molar-refractivity contribution < 1.29 is 80.2 Å². The highest BCUT2D eigenvalue weighted by Crippen LogP contribution is 2.45. The van der Waals surface area contributed by atoms with Gasteiger partial charge in [-0.05, 0) is 31.6 Å². The van der Waals surface area contributed by atoms with Crippen LogP contribution in [0.4, 0.5) is 0 Å². The molecule has 0 bridgehead atoms. The first kappa shape index (κ1) is 91.1. The molecule has 0 aliphatic rings. The number of ether oxygens (including phenoxy) is 4. The van der Waals surface area contributed by atoms with E-state index in [0.717, 1.165) is 96.3 Å². The third-order valence-electron chi connectivity index (χ3n) is 17.3. The standard InChI is InChI=1S/C74H144O17P2/c1-6-9-12-15-18-21-24-26-27-28-29-30-31-32-33-34-35-37-40-43-50-55-60-74(79)90-69(63-84-71(76)57-52-47-41-39-36-25-22-19-16-13-10-7-2)65-88-92(80,81)86-61-68(75)62-87-93(82,83)89-66-70(64-85-72(77)58-53-48-45-44-46-51-56-67(4)5)91-73(78)59-54-49-42-38-23-20-17-14-11-8-3/h67-70,75H,6-66H2,1-5H3,(H,80,81)(H,82,83)/t68-,69-,70-/m1/s1. The van der Waals surface area contributed by atoms with E-state index in [2.05, 4.69) is 34.6 Å². The molecule has 0 amide bonds. The Balaban J connectivity index is 5.14. The molecule has 17 nitrogen and oxygen atoms in total. The summed E-state index contributed by atoms with van der Waals surface area (Å²) in [7, 11) is -9.90. The van der Waals surface area contributed by atoms with E-state index < -0.39 is 97.5 Å². The van der Waals surface area contributed by atoms with Crippen LogP contribution in [0, 0.1) is 5.92 Å². The minimum Gasteiger partial charge on any atom is -0.462 e. The van der Waals surface area contributed by atoms with Crippen molar-refractivity contribution in [2.24, 2.45) is 5.92 Å². The van der Waals surface area contributed by atoms with Crippen LogP contribution in [0.2, 0.25) is 0 Å². The van der Waals surface area contributed by atoms with Crippen molar-refractivity contribution >= 4 is 39.5 Å². The predicted octanol–water partition coefficient (Wildman–Crippen LogP) is 21.7. The zero-order valence-electron chi connectivity index (χ0n) is 60.4. The van der Waals surface area contributed by atoms with E-state index in [1.54, 1.807) is 0 Å². The predicted molar refractivity (Wildman–Crippen MR) is 377 cm³/mol. The van der Waals surface area contributed by atoms with E-state index >= 15 is 0 Å². The summed E-state index contributed by atoms with van der Waals surface area (Å²) in [4.78, 5) is 72.6. The molecule has 3 N–H and O–H groups in total. The summed E-state index contributed by atoms with van der Waals surface area (Å²) in [5.74, 6) is -1.44. The number of carbonyl (C=O) groups is 4. The molecule has 0 radical (unpaired) electrons. The molecule has 19 heteroatoms. The smallest absolute Gasteiger partial charge is 0.462 e.